The van der Waals surface area contributed by atoms with Crippen molar-refractivity contribution >= 4 is 34.1 Å². The molecule has 5 nitrogen and oxygen atoms in total. The van der Waals surface area contributed by atoms with Gasteiger partial charge >= 0.3 is 0 Å². The second kappa shape index (κ2) is 12.6. The van der Waals surface area contributed by atoms with Gasteiger partial charge in [0, 0.05) is 27.7 Å². The van der Waals surface area contributed by atoms with Gasteiger partial charge in [0.05, 0.1) is 5.39 Å². The molecule has 6 aromatic rings. The first-order valence-corrected chi connectivity index (χ1v) is 14.8. The maximum atomic E-state index is 8.49. The Morgan fingerprint density at radius 2 is 1.00 bits per heavy atom. The number of pyridine rings is 1. The second-order valence-electron chi connectivity index (χ2n) is 9.56. The summed E-state index contributed by atoms with van der Waals surface area (Å²) in [5.74, 6) is 0. The monoisotopic (exact) mass is 615 g/mol. The Kier molecular flexibility index (Phi) is 8.92. The van der Waals surface area contributed by atoms with Gasteiger partial charge in [0.15, 0.2) is 6.20 Å². The number of rotatable bonds is 4. The van der Waals surface area contributed by atoms with Crippen LogP contribution >= 0.6 is 23.2 Å². The molecular weight excluding hydrogens is 593 g/mol. The van der Waals surface area contributed by atoms with Gasteiger partial charge in [-0.1, -0.05) is 89.9 Å². The molecule has 42 heavy (non-hydrogen) atoms. The first-order chi connectivity index (χ1) is 20.1. The minimum absolute atomic E-state index is 0.722. The molecule has 0 atom stereocenters. The van der Waals surface area contributed by atoms with Gasteiger partial charge < -0.3 is 0 Å². The van der Waals surface area contributed by atoms with Crippen LogP contribution < -0.4 is 23.2 Å². The Hall–Kier alpha value is -3.78. The van der Waals surface area contributed by atoms with Crippen molar-refractivity contribution in [1.29, 1.82) is 0 Å². The van der Waals surface area contributed by atoms with Crippen molar-refractivity contribution < 1.29 is 33.4 Å². The Bertz CT molecular complexity index is 1760. The molecule has 0 fully saturated rings. The van der Waals surface area contributed by atoms with Crippen LogP contribution in [0.4, 0.5) is 0 Å². The van der Waals surface area contributed by atoms with Crippen LogP contribution in [0.1, 0.15) is 0 Å². The van der Waals surface area contributed by atoms with E-state index >= 15 is 0 Å². The zero-order valence-corrected chi connectivity index (χ0v) is 24.6. The van der Waals surface area contributed by atoms with E-state index in [-0.39, 0.29) is 0 Å². The van der Waals surface area contributed by atoms with E-state index in [2.05, 4.69) is 109 Å². The van der Waals surface area contributed by atoms with Crippen LogP contribution in [0.2, 0.25) is 10.0 Å². The van der Waals surface area contributed by atoms with E-state index in [0.29, 0.717) is 0 Å². The van der Waals surface area contributed by atoms with Gasteiger partial charge in [0.25, 0.3) is 0 Å². The molecule has 0 bridgehead atoms. The third-order valence-corrected chi connectivity index (χ3v) is 7.37. The number of hydrogen-bond donors (Lipinski definition) is 0. The van der Waals surface area contributed by atoms with Crippen molar-refractivity contribution in [2.75, 3.05) is 0 Å². The largest absolute Gasteiger partial charge is 0.222 e. The first-order valence-electron chi connectivity index (χ1n) is 12.8. The fourth-order valence-corrected chi connectivity index (χ4v) is 5.28. The number of aryl methyl sites for hydroxylation is 1. The summed E-state index contributed by atoms with van der Waals surface area (Å²) < 4.78 is 36.1. The van der Waals surface area contributed by atoms with Crippen molar-refractivity contribution in [3.05, 3.63) is 138 Å². The molecular formula is C34H24Cl3NO4. The fraction of sp³-hybridized carbons (Fsp3) is 0.0294. The van der Waals surface area contributed by atoms with Crippen molar-refractivity contribution in [2.24, 2.45) is 7.05 Å². The summed E-state index contributed by atoms with van der Waals surface area (Å²) >= 11 is 12.6. The average molecular weight is 617 g/mol. The molecule has 0 radical (unpaired) electrons. The van der Waals surface area contributed by atoms with Gasteiger partial charge in [-0.15, -0.1) is 10.2 Å². The van der Waals surface area contributed by atoms with E-state index in [9.17, 15) is 0 Å². The average Bonchev–Trinajstić information content (AvgIpc) is 2.98. The predicted octanol–water partition coefficient (Wildman–Crippen LogP) is 4.88. The van der Waals surface area contributed by atoms with Crippen LogP contribution in [-0.4, -0.2) is 0 Å². The highest BCUT2D eigenvalue weighted by atomic mass is 35.7. The number of halogens is 3. The maximum absolute atomic E-state index is 8.49. The molecule has 0 aliphatic carbocycles. The molecule has 5 aromatic carbocycles. The zero-order chi connectivity index (χ0) is 29.9. The van der Waals surface area contributed by atoms with E-state index in [0.717, 1.165) is 37.9 Å². The van der Waals surface area contributed by atoms with Crippen LogP contribution in [0.15, 0.2) is 128 Å². The molecule has 0 amide bonds. The van der Waals surface area contributed by atoms with E-state index < -0.39 is 10.2 Å². The predicted molar refractivity (Wildman–Crippen MR) is 157 cm³/mol. The van der Waals surface area contributed by atoms with Gasteiger partial charge in [0.1, 0.15) is 7.05 Å². The lowest BCUT2D eigenvalue weighted by molar-refractivity contribution is -2.00. The zero-order valence-electron chi connectivity index (χ0n) is 22.3. The number of aromatic nitrogens is 1. The molecule has 1 aromatic heterocycles. The molecule has 6 rings (SSSR count). The van der Waals surface area contributed by atoms with Gasteiger partial charge in [-0.25, -0.2) is 23.2 Å². The quantitative estimate of drug-likeness (QED) is 0.264. The Labute approximate surface area is 255 Å². The lowest BCUT2D eigenvalue weighted by Crippen LogP contribution is -2.68. The fourth-order valence-electron chi connectivity index (χ4n) is 5.03. The first kappa shape index (κ1) is 29.7. The van der Waals surface area contributed by atoms with Crippen molar-refractivity contribution in [2.45, 2.75) is 0 Å². The number of para-hydroxylation sites is 1. The van der Waals surface area contributed by atoms with Crippen molar-refractivity contribution in [3.8, 4) is 44.5 Å². The highest BCUT2D eigenvalue weighted by Crippen LogP contribution is 2.45. The summed E-state index contributed by atoms with van der Waals surface area (Å²) in [6.45, 7) is 0. The van der Waals surface area contributed by atoms with Crippen LogP contribution in [0.25, 0.3) is 55.4 Å². The summed E-state index contributed by atoms with van der Waals surface area (Å²) in [7, 11) is -2.86. The lowest BCUT2D eigenvalue weighted by atomic mass is 9.84. The summed E-state index contributed by atoms with van der Waals surface area (Å²) in [5.41, 5.74) is 10.4. The summed E-state index contributed by atoms with van der Waals surface area (Å²) in [6, 6.07) is 42.2. The third-order valence-electron chi connectivity index (χ3n) is 6.86. The highest BCUT2D eigenvalue weighted by Gasteiger charge is 2.21. The SMILES string of the molecule is C[n+]1ccc(-c2c(-c3ccc(Cl)cc3)cc(-c3ccccc3)cc2-c2ccc(Cl)cc2)c2ccccc21.[O-][Cl+3]([O-])([O-])[O-]. The van der Waals surface area contributed by atoms with Crippen molar-refractivity contribution in [3.63, 3.8) is 0 Å². The smallest absolute Gasteiger partial charge is 0.212 e. The normalized spacial score (nSPS) is 11.2. The maximum Gasteiger partial charge on any atom is 0.212 e. The number of nitrogens with zero attached hydrogens (tertiary/aromatic N) is 1. The highest BCUT2D eigenvalue weighted by molar-refractivity contribution is 6.31. The topological polar surface area (TPSA) is 96.1 Å². The molecule has 0 saturated heterocycles. The van der Waals surface area contributed by atoms with Gasteiger partial charge in [-0.05, 0) is 81.4 Å². The van der Waals surface area contributed by atoms with Crippen LogP contribution in [0.3, 0.4) is 0 Å². The minimum atomic E-state index is -4.94. The second-order valence-corrected chi connectivity index (χ2v) is 11.2. The van der Waals surface area contributed by atoms with Crippen LogP contribution in [-0.2, 0) is 7.05 Å². The minimum Gasteiger partial charge on any atom is -0.222 e. The standard InChI is InChI=1S/C34H24Cl2N.ClHO4/c1-37-20-19-30(29-9-5-6-10-33(29)37)34-31(24-11-15-27(35)16-12-24)21-26(23-7-3-2-4-8-23)22-32(34)25-13-17-28(36)18-14-25;2-1(3,4)5/h2-22H,1H3;(H,2,3,4,5)/q+1;/p-1. The summed E-state index contributed by atoms with van der Waals surface area (Å²) in [6.07, 6.45) is 2.14. The Morgan fingerprint density at radius 3 is 1.52 bits per heavy atom. The molecule has 0 unspecified atom stereocenters. The molecule has 0 aliphatic rings. The molecule has 1 heterocycles. The van der Waals surface area contributed by atoms with Gasteiger partial charge in [0.2, 0.25) is 5.52 Å². The van der Waals surface area contributed by atoms with E-state index in [1.54, 1.807) is 0 Å². The van der Waals surface area contributed by atoms with E-state index in [1.807, 2.05) is 30.3 Å². The number of hydrogen-bond acceptors (Lipinski definition) is 4. The Morgan fingerprint density at radius 1 is 0.524 bits per heavy atom. The molecule has 0 aliphatic heterocycles. The molecule has 0 N–H and O–H groups in total. The summed E-state index contributed by atoms with van der Waals surface area (Å²) in [5, 5.41) is 2.64. The van der Waals surface area contributed by atoms with Crippen molar-refractivity contribution in [1.82, 2.24) is 0 Å². The van der Waals surface area contributed by atoms with E-state index in [4.69, 9.17) is 41.8 Å². The number of benzene rings is 5. The molecule has 0 saturated carbocycles. The molecule has 210 valence electrons. The van der Waals surface area contributed by atoms with Gasteiger partial charge in [-0.2, -0.15) is 0 Å². The van der Waals surface area contributed by atoms with Crippen LogP contribution in [0.5, 0.6) is 0 Å². The van der Waals surface area contributed by atoms with Gasteiger partial charge in [-0.3, -0.25) is 0 Å². The summed E-state index contributed by atoms with van der Waals surface area (Å²) in [4.78, 5) is 0. The number of fused-ring (bicyclic) bond motifs is 1. The third kappa shape index (κ3) is 6.98. The molecule has 8 heteroatoms. The molecule has 0 spiro atoms. The lowest BCUT2D eigenvalue weighted by Gasteiger charge is -2.20. The van der Waals surface area contributed by atoms with Crippen LogP contribution in [0, 0.1) is 10.2 Å². The Balaban J connectivity index is 0.000000652. The van der Waals surface area contributed by atoms with E-state index in [1.165, 1.54) is 27.6 Å².